The van der Waals surface area contributed by atoms with Crippen LogP contribution in [0.1, 0.15) is 64.7 Å². The van der Waals surface area contributed by atoms with Gasteiger partial charge in [0.1, 0.15) is 6.10 Å². The first-order valence-corrected chi connectivity index (χ1v) is 7.00. The van der Waals surface area contributed by atoms with E-state index in [2.05, 4.69) is 16.9 Å². The molecular formula is C13H23N3O2. The molecule has 1 rings (SSSR count). The molecule has 18 heavy (non-hydrogen) atoms. The van der Waals surface area contributed by atoms with Crippen molar-refractivity contribution >= 4 is 5.97 Å². The van der Waals surface area contributed by atoms with Gasteiger partial charge in [-0.3, -0.25) is 4.79 Å². The molecule has 0 saturated carbocycles. The minimum Gasteiger partial charge on any atom is -0.462 e. The summed E-state index contributed by atoms with van der Waals surface area (Å²) >= 11 is 0. The van der Waals surface area contributed by atoms with Crippen molar-refractivity contribution in [3.8, 4) is 0 Å². The SMILES string of the molecule is CCCCCC[C@@H]1C[C@@H](N=[N+]=[N-])CCCC(=O)O1. The van der Waals surface area contributed by atoms with Crippen LogP contribution in [0.15, 0.2) is 5.11 Å². The molecule has 102 valence electrons. The van der Waals surface area contributed by atoms with Crippen molar-refractivity contribution in [2.24, 2.45) is 5.11 Å². The summed E-state index contributed by atoms with van der Waals surface area (Å²) < 4.78 is 5.43. The quantitative estimate of drug-likeness (QED) is 0.235. The Bertz CT molecular complexity index is 301. The highest BCUT2D eigenvalue weighted by Crippen LogP contribution is 2.21. The third-order valence-corrected chi connectivity index (χ3v) is 3.35. The Balaban J connectivity index is 2.43. The number of hydrogen-bond donors (Lipinski definition) is 0. The van der Waals surface area contributed by atoms with E-state index in [0.29, 0.717) is 12.8 Å². The van der Waals surface area contributed by atoms with E-state index in [4.69, 9.17) is 10.3 Å². The molecule has 0 N–H and O–H groups in total. The van der Waals surface area contributed by atoms with Gasteiger partial charge in [-0.1, -0.05) is 31.3 Å². The van der Waals surface area contributed by atoms with Crippen LogP contribution in [0.3, 0.4) is 0 Å². The van der Waals surface area contributed by atoms with Crippen LogP contribution < -0.4 is 0 Å². The maximum absolute atomic E-state index is 11.5. The molecule has 0 aromatic carbocycles. The van der Waals surface area contributed by atoms with Crippen molar-refractivity contribution < 1.29 is 9.53 Å². The summed E-state index contributed by atoms with van der Waals surface area (Å²) in [6.07, 6.45) is 8.19. The number of carbonyl (C=O) groups excluding carboxylic acids is 1. The van der Waals surface area contributed by atoms with Crippen molar-refractivity contribution in [2.75, 3.05) is 0 Å². The fraction of sp³-hybridized carbons (Fsp3) is 0.923. The van der Waals surface area contributed by atoms with Gasteiger partial charge in [-0.15, -0.1) is 0 Å². The van der Waals surface area contributed by atoms with Gasteiger partial charge in [-0.05, 0) is 37.6 Å². The third-order valence-electron chi connectivity index (χ3n) is 3.35. The number of rotatable bonds is 6. The second-order valence-electron chi connectivity index (χ2n) is 4.95. The average Bonchev–Trinajstić information content (AvgIpc) is 2.32. The fourth-order valence-electron chi connectivity index (χ4n) is 2.35. The first-order chi connectivity index (χ1) is 8.76. The van der Waals surface area contributed by atoms with E-state index in [1.54, 1.807) is 0 Å². The lowest BCUT2D eigenvalue weighted by molar-refractivity contribution is -0.151. The predicted octanol–water partition coefficient (Wildman–Crippen LogP) is 4.12. The first-order valence-electron chi connectivity index (χ1n) is 7.00. The molecule has 5 heteroatoms. The molecule has 1 saturated heterocycles. The summed E-state index contributed by atoms with van der Waals surface area (Å²) in [5.41, 5.74) is 8.52. The number of azide groups is 1. The molecule has 2 atom stereocenters. The second-order valence-corrected chi connectivity index (χ2v) is 4.95. The molecule has 1 heterocycles. The summed E-state index contributed by atoms with van der Waals surface area (Å²) in [6.45, 7) is 2.17. The molecule has 1 fully saturated rings. The van der Waals surface area contributed by atoms with Crippen LogP contribution >= 0.6 is 0 Å². The summed E-state index contributed by atoms with van der Waals surface area (Å²) in [5.74, 6) is -0.102. The zero-order valence-corrected chi connectivity index (χ0v) is 11.2. The van der Waals surface area contributed by atoms with Gasteiger partial charge in [0.15, 0.2) is 0 Å². The molecule has 1 aliphatic rings. The zero-order chi connectivity index (χ0) is 13.2. The highest BCUT2D eigenvalue weighted by Gasteiger charge is 2.22. The van der Waals surface area contributed by atoms with Gasteiger partial charge in [0.25, 0.3) is 0 Å². The Morgan fingerprint density at radius 2 is 2.28 bits per heavy atom. The fourth-order valence-corrected chi connectivity index (χ4v) is 2.35. The average molecular weight is 253 g/mol. The number of esters is 1. The summed E-state index contributed by atoms with van der Waals surface area (Å²) in [7, 11) is 0. The smallest absolute Gasteiger partial charge is 0.306 e. The monoisotopic (exact) mass is 253 g/mol. The van der Waals surface area contributed by atoms with Crippen LogP contribution in [0.5, 0.6) is 0 Å². The number of ether oxygens (including phenoxy) is 1. The highest BCUT2D eigenvalue weighted by atomic mass is 16.5. The van der Waals surface area contributed by atoms with Crippen LogP contribution in [-0.2, 0) is 9.53 Å². The Morgan fingerprint density at radius 3 is 3.00 bits per heavy atom. The van der Waals surface area contributed by atoms with Crippen LogP contribution in [0.4, 0.5) is 0 Å². The van der Waals surface area contributed by atoms with Gasteiger partial charge in [0.05, 0.1) is 0 Å². The van der Waals surface area contributed by atoms with E-state index in [0.717, 1.165) is 25.7 Å². The van der Waals surface area contributed by atoms with Crippen molar-refractivity contribution in [3.63, 3.8) is 0 Å². The molecule has 1 aliphatic heterocycles. The topological polar surface area (TPSA) is 75.1 Å². The minimum atomic E-state index is -0.102. The maximum atomic E-state index is 11.5. The lowest BCUT2D eigenvalue weighted by Crippen LogP contribution is -2.25. The molecule has 0 aromatic rings. The van der Waals surface area contributed by atoms with E-state index >= 15 is 0 Å². The molecule has 0 spiro atoms. The second kappa shape index (κ2) is 8.81. The van der Waals surface area contributed by atoms with E-state index in [1.165, 1.54) is 19.3 Å². The molecule has 0 amide bonds. The molecular weight excluding hydrogens is 230 g/mol. The highest BCUT2D eigenvalue weighted by molar-refractivity contribution is 5.69. The van der Waals surface area contributed by atoms with E-state index in [-0.39, 0.29) is 18.1 Å². The third kappa shape index (κ3) is 5.92. The normalized spacial score (nSPS) is 24.6. The van der Waals surface area contributed by atoms with Gasteiger partial charge in [-0.2, -0.15) is 0 Å². The van der Waals surface area contributed by atoms with Gasteiger partial charge in [0, 0.05) is 17.4 Å². The van der Waals surface area contributed by atoms with Gasteiger partial charge in [-0.25, -0.2) is 0 Å². The Morgan fingerprint density at radius 1 is 1.44 bits per heavy atom. The molecule has 0 aliphatic carbocycles. The number of nitrogens with zero attached hydrogens (tertiary/aromatic N) is 3. The van der Waals surface area contributed by atoms with Crippen LogP contribution in [-0.4, -0.2) is 18.1 Å². The number of unbranched alkanes of at least 4 members (excludes halogenated alkanes) is 3. The van der Waals surface area contributed by atoms with Gasteiger partial charge in [0.2, 0.25) is 0 Å². The molecule has 0 unspecified atom stereocenters. The molecule has 0 aromatic heterocycles. The molecule has 5 nitrogen and oxygen atoms in total. The van der Waals surface area contributed by atoms with Gasteiger partial charge >= 0.3 is 5.97 Å². The lowest BCUT2D eigenvalue weighted by Gasteiger charge is -2.24. The first kappa shape index (κ1) is 14.8. The Hall–Kier alpha value is -1.22. The van der Waals surface area contributed by atoms with Crippen LogP contribution in [0, 0.1) is 0 Å². The number of carbonyl (C=O) groups is 1. The summed E-state index contributed by atoms with van der Waals surface area (Å²) in [5, 5.41) is 3.79. The Labute approximate surface area is 109 Å². The predicted molar refractivity (Wildman–Crippen MR) is 70.0 cm³/mol. The molecule has 0 radical (unpaired) electrons. The standard InChI is InChI=1S/C13H23N3O2/c1-2-3-4-5-8-12-10-11(15-16-14)7-6-9-13(17)18-12/h11-12H,2-10H2,1H3/t11-,12+/m0/s1. The minimum absolute atomic E-state index is 0.0146. The number of cyclic esters (lactones) is 1. The van der Waals surface area contributed by atoms with Crippen LogP contribution in [0.2, 0.25) is 0 Å². The zero-order valence-electron chi connectivity index (χ0n) is 11.2. The maximum Gasteiger partial charge on any atom is 0.306 e. The van der Waals surface area contributed by atoms with Crippen molar-refractivity contribution in [3.05, 3.63) is 10.4 Å². The molecule has 0 bridgehead atoms. The van der Waals surface area contributed by atoms with E-state index < -0.39 is 0 Å². The summed E-state index contributed by atoms with van der Waals surface area (Å²) in [6, 6.07) is -0.0146. The number of hydrogen-bond acceptors (Lipinski definition) is 3. The Kier molecular flexibility index (Phi) is 7.26. The summed E-state index contributed by atoms with van der Waals surface area (Å²) in [4.78, 5) is 14.4. The van der Waals surface area contributed by atoms with Crippen molar-refractivity contribution in [1.29, 1.82) is 0 Å². The van der Waals surface area contributed by atoms with Crippen molar-refractivity contribution in [2.45, 2.75) is 76.9 Å². The largest absolute Gasteiger partial charge is 0.462 e. The lowest BCUT2D eigenvalue weighted by atomic mass is 9.98. The van der Waals surface area contributed by atoms with E-state index in [1.807, 2.05) is 0 Å². The van der Waals surface area contributed by atoms with E-state index in [9.17, 15) is 4.79 Å². The van der Waals surface area contributed by atoms with Crippen LogP contribution in [0.25, 0.3) is 10.4 Å². The van der Waals surface area contributed by atoms with Crippen molar-refractivity contribution in [1.82, 2.24) is 0 Å². The van der Waals surface area contributed by atoms with Gasteiger partial charge < -0.3 is 4.74 Å².